The molecule has 0 aliphatic carbocycles. The van der Waals surface area contributed by atoms with Crippen LogP contribution in [-0.2, 0) is 4.79 Å². The number of benzene rings is 1. The summed E-state index contributed by atoms with van der Waals surface area (Å²) >= 11 is 5.83. The molecule has 0 radical (unpaired) electrons. The second kappa shape index (κ2) is 7.28. The van der Waals surface area contributed by atoms with Crippen molar-refractivity contribution in [2.75, 3.05) is 11.9 Å². The zero-order valence-electron chi connectivity index (χ0n) is 13.2. The van der Waals surface area contributed by atoms with E-state index in [2.05, 4.69) is 15.3 Å². The summed E-state index contributed by atoms with van der Waals surface area (Å²) in [7, 11) is 0. The second-order valence-corrected chi connectivity index (χ2v) is 5.64. The summed E-state index contributed by atoms with van der Waals surface area (Å²) in [6.45, 7) is 5.67. The van der Waals surface area contributed by atoms with Crippen LogP contribution in [0.15, 0.2) is 36.7 Å². The molecule has 1 aromatic carbocycles. The molecule has 1 aromatic heterocycles. The molecule has 1 heterocycles. The average Bonchev–Trinajstić information content (AvgIpc) is 2.51. The van der Waals surface area contributed by atoms with Crippen LogP contribution in [0.2, 0.25) is 5.02 Å². The quantitative estimate of drug-likeness (QED) is 0.876. The maximum Gasteiger partial charge on any atom is 0.316 e. The van der Waals surface area contributed by atoms with Crippen LogP contribution in [0.5, 0.6) is 11.8 Å². The smallest absolute Gasteiger partial charge is 0.316 e. The predicted octanol–water partition coefficient (Wildman–Crippen LogP) is 3.32. The lowest BCUT2D eigenvalue weighted by molar-refractivity contribution is -0.128. The van der Waals surface area contributed by atoms with Crippen LogP contribution >= 0.6 is 11.6 Å². The van der Waals surface area contributed by atoms with Crippen LogP contribution in [0.3, 0.4) is 0 Å². The number of halogens is 1. The number of carbonyl (C=O) groups is 1. The average molecular weight is 336 g/mol. The number of rotatable bonds is 6. The van der Waals surface area contributed by atoms with Gasteiger partial charge in [-0.25, -0.2) is 9.97 Å². The maximum absolute atomic E-state index is 12.4. The van der Waals surface area contributed by atoms with Gasteiger partial charge in [0.15, 0.2) is 5.60 Å². The van der Waals surface area contributed by atoms with E-state index in [-0.39, 0.29) is 11.9 Å². The van der Waals surface area contributed by atoms with Crippen molar-refractivity contribution in [1.82, 2.24) is 9.97 Å². The van der Waals surface area contributed by atoms with Crippen LogP contribution in [0.1, 0.15) is 20.8 Å². The molecule has 0 unspecified atom stereocenters. The van der Waals surface area contributed by atoms with Crippen molar-refractivity contribution in [2.24, 2.45) is 0 Å². The van der Waals surface area contributed by atoms with E-state index in [4.69, 9.17) is 21.1 Å². The molecule has 6 nitrogen and oxygen atoms in total. The Labute approximate surface area is 139 Å². The molecule has 1 N–H and O–H groups in total. The standard InChI is InChI=1S/C16H18ClN3O3/c1-4-22-15-18-9-12(10-19-15)20-14(21)16(2,3)23-13-7-5-11(17)6-8-13/h5-10H,4H2,1-3H3,(H,20,21). The summed E-state index contributed by atoms with van der Waals surface area (Å²) in [4.78, 5) is 20.4. The number of nitrogens with zero attached hydrogens (tertiary/aromatic N) is 2. The fourth-order valence-corrected chi connectivity index (χ4v) is 1.84. The van der Waals surface area contributed by atoms with Gasteiger partial charge in [0, 0.05) is 5.02 Å². The Bertz CT molecular complexity index is 657. The predicted molar refractivity (Wildman–Crippen MR) is 88.0 cm³/mol. The Balaban J connectivity index is 2.01. The van der Waals surface area contributed by atoms with Crippen LogP contribution in [-0.4, -0.2) is 28.1 Å². The van der Waals surface area contributed by atoms with Gasteiger partial charge in [0.25, 0.3) is 5.91 Å². The molecule has 1 amide bonds. The summed E-state index contributed by atoms with van der Waals surface area (Å²) < 4.78 is 10.9. The van der Waals surface area contributed by atoms with E-state index in [9.17, 15) is 4.79 Å². The highest BCUT2D eigenvalue weighted by Gasteiger charge is 2.30. The van der Waals surface area contributed by atoms with Gasteiger partial charge in [-0.05, 0) is 45.0 Å². The molecule has 0 atom stereocenters. The van der Waals surface area contributed by atoms with E-state index in [0.717, 1.165) is 0 Å². The molecular weight excluding hydrogens is 318 g/mol. The van der Waals surface area contributed by atoms with Gasteiger partial charge in [-0.3, -0.25) is 4.79 Å². The Morgan fingerprint density at radius 3 is 2.39 bits per heavy atom. The third kappa shape index (κ3) is 4.82. The van der Waals surface area contributed by atoms with Crippen molar-refractivity contribution in [1.29, 1.82) is 0 Å². The molecule has 122 valence electrons. The summed E-state index contributed by atoms with van der Waals surface area (Å²) in [5.41, 5.74) is -0.613. The first-order chi connectivity index (χ1) is 10.9. The van der Waals surface area contributed by atoms with Crippen molar-refractivity contribution >= 4 is 23.2 Å². The molecule has 7 heteroatoms. The molecule has 0 aliphatic rings. The molecule has 2 aromatic rings. The number of anilines is 1. The van der Waals surface area contributed by atoms with E-state index in [1.807, 2.05) is 6.92 Å². The summed E-state index contributed by atoms with van der Waals surface area (Å²) in [5.74, 6) is 0.234. The minimum absolute atomic E-state index is 0.266. The van der Waals surface area contributed by atoms with Crippen LogP contribution < -0.4 is 14.8 Å². The lowest BCUT2D eigenvalue weighted by atomic mass is 10.1. The molecular formula is C16H18ClN3O3. The molecule has 0 aliphatic heterocycles. The summed E-state index contributed by atoms with van der Waals surface area (Å²) in [5, 5.41) is 3.32. The first-order valence-corrected chi connectivity index (χ1v) is 7.49. The third-order valence-electron chi connectivity index (χ3n) is 2.89. The lowest BCUT2D eigenvalue weighted by Crippen LogP contribution is -2.42. The topological polar surface area (TPSA) is 73.3 Å². The summed E-state index contributed by atoms with van der Waals surface area (Å²) in [6, 6.07) is 7.08. The Hall–Kier alpha value is -2.34. The van der Waals surface area contributed by atoms with Gasteiger partial charge in [-0.15, -0.1) is 0 Å². The fraction of sp³-hybridized carbons (Fsp3) is 0.312. The molecule has 23 heavy (non-hydrogen) atoms. The highest BCUT2D eigenvalue weighted by molar-refractivity contribution is 6.30. The number of hydrogen-bond acceptors (Lipinski definition) is 5. The van der Waals surface area contributed by atoms with Gasteiger partial charge in [0.05, 0.1) is 24.7 Å². The van der Waals surface area contributed by atoms with E-state index >= 15 is 0 Å². The zero-order valence-corrected chi connectivity index (χ0v) is 13.9. The van der Waals surface area contributed by atoms with E-state index in [0.29, 0.717) is 23.1 Å². The number of hydrogen-bond donors (Lipinski definition) is 1. The van der Waals surface area contributed by atoms with Crippen molar-refractivity contribution < 1.29 is 14.3 Å². The lowest BCUT2D eigenvalue weighted by Gasteiger charge is -2.25. The fourth-order valence-electron chi connectivity index (χ4n) is 1.71. The molecule has 0 spiro atoms. The largest absolute Gasteiger partial charge is 0.478 e. The van der Waals surface area contributed by atoms with Crippen molar-refractivity contribution in [3.8, 4) is 11.8 Å². The van der Waals surface area contributed by atoms with E-state index in [1.54, 1.807) is 38.1 Å². The van der Waals surface area contributed by atoms with Gasteiger partial charge >= 0.3 is 6.01 Å². The van der Waals surface area contributed by atoms with Gasteiger partial charge in [0.2, 0.25) is 0 Å². The number of amides is 1. The SMILES string of the molecule is CCOc1ncc(NC(=O)C(C)(C)Oc2ccc(Cl)cc2)cn1. The van der Waals surface area contributed by atoms with E-state index < -0.39 is 5.60 Å². The molecule has 2 rings (SSSR count). The molecule has 0 saturated heterocycles. The first kappa shape index (κ1) is 17.0. The monoisotopic (exact) mass is 335 g/mol. The van der Waals surface area contributed by atoms with Crippen molar-refractivity contribution in [3.63, 3.8) is 0 Å². The van der Waals surface area contributed by atoms with E-state index in [1.165, 1.54) is 12.4 Å². The molecule has 0 fully saturated rings. The van der Waals surface area contributed by atoms with Crippen LogP contribution in [0.4, 0.5) is 5.69 Å². The molecule has 0 bridgehead atoms. The minimum Gasteiger partial charge on any atom is -0.478 e. The third-order valence-corrected chi connectivity index (χ3v) is 3.14. The van der Waals surface area contributed by atoms with Gasteiger partial charge in [-0.1, -0.05) is 11.6 Å². The first-order valence-electron chi connectivity index (χ1n) is 7.11. The van der Waals surface area contributed by atoms with Crippen LogP contribution in [0, 0.1) is 0 Å². The minimum atomic E-state index is -1.08. The Morgan fingerprint density at radius 2 is 1.83 bits per heavy atom. The number of carbonyl (C=O) groups excluding carboxylic acids is 1. The second-order valence-electron chi connectivity index (χ2n) is 5.21. The van der Waals surface area contributed by atoms with Crippen molar-refractivity contribution in [3.05, 3.63) is 41.7 Å². The van der Waals surface area contributed by atoms with Gasteiger partial charge in [-0.2, -0.15) is 0 Å². The number of ether oxygens (including phenoxy) is 2. The number of nitrogens with one attached hydrogen (secondary N) is 1. The Kier molecular flexibility index (Phi) is 5.39. The molecule has 0 saturated carbocycles. The van der Waals surface area contributed by atoms with Gasteiger partial charge < -0.3 is 14.8 Å². The highest BCUT2D eigenvalue weighted by Crippen LogP contribution is 2.22. The summed E-state index contributed by atoms with van der Waals surface area (Å²) in [6.07, 6.45) is 2.96. The zero-order chi connectivity index (χ0) is 16.9. The van der Waals surface area contributed by atoms with Gasteiger partial charge in [0.1, 0.15) is 5.75 Å². The number of aromatic nitrogens is 2. The van der Waals surface area contributed by atoms with Crippen LogP contribution in [0.25, 0.3) is 0 Å². The Morgan fingerprint density at radius 1 is 1.22 bits per heavy atom. The van der Waals surface area contributed by atoms with Crippen molar-refractivity contribution in [2.45, 2.75) is 26.4 Å². The highest BCUT2D eigenvalue weighted by atomic mass is 35.5. The maximum atomic E-state index is 12.4. The normalized spacial score (nSPS) is 11.0.